The van der Waals surface area contributed by atoms with Gasteiger partial charge >= 0.3 is 0 Å². The Morgan fingerprint density at radius 2 is 2.20 bits per heavy atom. The third kappa shape index (κ3) is 2.00. The first kappa shape index (κ1) is 12.5. The molecule has 3 nitrogen and oxygen atoms in total. The maximum Gasteiger partial charge on any atom is 0.192 e. The predicted octanol–water partition coefficient (Wildman–Crippen LogP) is 3.79. The zero-order valence-corrected chi connectivity index (χ0v) is 12.9. The van der Waals surface area contributed by atoms with E-state index in [2.05, 4.69) is 41.3 Å². The molecule has 1 aromatic rings. The molecule has 2 heterocycles. The minimum Gasteiger partial charge on any atom is -0.236 e. The van der Waals surface area contributed by atoms with Crippen LogP contribution in [0.1, 0.15) is 24.5 Å². The summed E-state index contributed by atoms with van der Waals surface area (Å²) in [6.07, 6.45) is 2.23. The van der Waals surface area contributed by atoms with Gasteiger partial charge in [-0.05, 0) is 41.5 Å². The highest BCUT2D eigenvalue weighted by Gasteiger charge is 2.31. The monoisotopic (exact) mass is 301 g/mol. The molecule has 0 saturated carbocycles. The zero-order chi connectivity index (χ0) is 13.5. The van der Waals surface area contributed by atoms with Crippen molar-refractivity contribution in [3.8, 4) is 0 Å². The molecular weight excluding hydrogens is 286 g/mol. The Balaban J connectivity index is 1.71. The van der Waals surface area contributed by atoms with Gasteiger partial charge in [-0.15, -0.1) is 0 Å². The van der Waals surface area contributed by atoms with Crippen LogP contribution in [0.4, 0.5) is 0 Å². The fourth-order valence-electron chi connectivity index (χ4n) is 2.79. The Bertz CT molecular complexity index is 661. The summed E-state index contributed by atoms with van der Waals surface area (Å²) in [5.74, 6) is 1.06. The Hall–Kier alpha value is -1.20. The molecule has 0 saturated heterocycles. The van der Waals surface area contributed by atoms with Crippen LogP contribution >= 0.6 is 23.5 Å². The van der Waals surface area contributed by atoms with E-state index < -0.39 is 0 Å². The number of aliphatic imine (C=N–C) groups is 1. The van der Waals surface area contributed by atoms with Gasteiger partial charge in [-0.3, -0.25) is 0 Å². The number of hydrogen-bond acceptors (Lipinski definition) is 5. The number of thioether (sulfide) groups is 2. The van der Waals surface area contributed by atoms with E-state index in [9.17, 15) is 0 Å². The number of nitrogens with zero attached hydrogens (tertiary/aromatic N) is 3. The van der Waals surface area contributed by atoms with Gasteiger partial charge in [0.05, 0.1) is 12.2 Å². The van der Waals surface area contributed by atoms with Crippen LogP contribution in [0.5, 0.6) is 0 Å². The van der Waals surface area contributed by atoms with Crippen molar-refractivity contribution in [2.24, 2.45) is 10.1 Å². The van der Waals surface area contributed by atoms with E-state index in [1.54, 1.807) is 23.5 Å². The van der Waals surface area contributed by atoms with Crippen LogP contribution in [0.2, 0.25) is 0 Å². The van der Waals surface area contributed by atoms with Gasteiger partial charge in [-0.1, -0.05) is 43.0 Å². The standard InChI is InChI=1S/C15H15N3S2/c1-2-19-15-17-18-9-11-8-7-10-5-3-4-6-12(10)13(11)16-14(18)20-15/h3-6H,2,7-9H2,1H3. The number of rotatable bonds is 1. The van der Waals surface area contributed by atoms with Crippen molar-refractivity contribution >= 4 is 38.8 Å². The summed E-state index contributed by atoms with van der Waals surface area (Å²) in [5, 5.41) is 7.76. The lowest BCUT2D eigenvalue weighted by molar-refractivity contribution is 0.484. The lowest BCUT2D eigenvalue weighted by Crippen LogP contribution is -2.27. The van der Waals surface area contributed by atoms with E-state index in [-0.39, 0.29) is 0 Å². The highest BCUT2D eigenvalue weighted by atomic mass is 32.2. The summed E-state index contributed by atoms with van der Waals surface area (Å²) in [4.78, 5) is 4.90. The fourth-order valence-corrected chi connectivity index (χ4v) is 4.65. The van der Waals surface area contributed by atoms with Crippen molar-refractivity contribution in [2.45, 2.75) is 19.8 Å². The van der Waals surface area contributed by atoms with E-state index in [0.717, 1.165) is 34.7 Å². The molecule has 0 aromatic heterocycles. The Morgan fingerprint density at radius 3 is 3.10 bits per heavy atom. The zero-order valence-electron chi connectivity index (χ0n) is 11.3. The molecular formula is C15H15N3S2. The summed E-state index contributed by atoms with van der Waals surface area (Å²) in [7, 11) is 0. The molecule has 1 aromatic carbocycles. The summed E-state index contributed by atoms with van der Waals surface area (Å²) in [6.45, 7) is 3.07. The second-order valence-corrected chi connectivity index (χ2v) is 7.43. The number of aryl methyl sites for hydroxylation is 1. The molecule has 0 fully saturated rings. The lowest BCUT2D eigenvalue weighted by atomic mass is 9.89. The third-order valence-corrected chi connectivity index (χ3v) is 5.68. The minimum atomic E-state index is 0.906. The quantitative estimate of drug-likeness (QED) is 0.790. The molecule has 20 heavy (non-hydrogen) atoms. The van der Waals surface area contributed by atoms with Crippen LogP contribution in [-0.4, -0.2) is 26.8 Å². The summed E-state index contributed by atoms with van der Waals surface area (Å²) in [6, 6.07) is 8.65. The van der Waals surface area contributed by atoms with Crippen LogP contribution in [0.25, 0.3) is 5.70 Å². The van der Waals surface area contributed by atoms with E-state index in [0.29, 0.717) is 0 Å². The van der Waals surface area contributed by atoms with E-state index in [1.165, 1.54) is 22.4 Å². The molecule has 3 aliphatic rings. The third-order valence-electron chi connectivity index (χ3n) is 3.72. The number of benzene rings is 1. The predicted molar refractivity (Wildman–Crippen MR) is 89.0 cm³/mol. The fraction of sp³-hybridized carbons (Fsp3) is 0.333. The molecule has 0 unspecified atom stereocenters. The highest BCUT2D eigenvalue weighted by Crippen LogP contribution is 2.39. The van der Waals surface area contributed by atoms with Crippen LogP contribution in [0, 0.1) is 0 Å². The lowest BCUT2D eigenvalue weighted by Gasteiger charge is -2.28. The Labute approximate surface area is 127 Å². The molecule has 5 heteroatoms. The van der Waals surface area contributed by atoms with Crippen molar-refractivity contribution in [3.05, 3.63) is 41.0 Å². The van der Waals surface area contributed by atoms with Crippen molar-refractivity contribution in [1.82, 2.24) is 5.01 Å². The SMILES string of the molecule is CCSC1=NN2CC3=C(N=C2S1)c1ccccc1CC3. The topological polar surface area (TPSA) is 28.0 Å². The average Bonchev–Trinajstić information content (AvgIpc) is 2.86. The van der Waals surface area contributed by atoms with Crippen LogP contribution in [0.3, 0.4) is 0 Å². The van der Waals surface area contributed by atoms with Crippen LogP contribution in [0.15, 0.2) is 39.9 Å². The molecule has 0 amide bonds. The molecule has 4 rings (SSSR count). The molecule has 0 bridgehead atoms. The van der Waals surface area contributed by atoms with E-state index in [4.69, 9.17) is 4.99 Å². The summed E-state index contributed by atoms with van der Waals surface area (Å²) < 4.78 is 1.12. The molecule has 102 valence electrons. The maximum atomic E-state index is 4.90. The van der Waals surface area contributed by atoms with Gasteiger partial charge in [0.2, 0.25) is 0 Å². The minimum absolute atomic E-state index is 0.906. The summed E-state index contributed by atoms with van der Waals surface area (Å²) >= 11 is 3.50. The first-order valence-electron chi connectivity index (χ1n) is 6.91. The molecule has 1 aliphatic carbocycles. The van der Waals surface area contributed by atoms with Crippen molar-refractivity contribution in [2.75, 3.05) is 12.3 Å². The van der Waals surface area contributed by atoms with Gasteiger partial charge in [0, 0.05) is 5.56 Å². The van der Waals surface area contributed by atoms with Crippen LogP contribution < -0.4 is 0 Å². The smallest absolute Gasteiger partial charge is 0.192 e. The van der Waals surface area contributed by atoms with Crippen molar-refractivity contribution in [1.29, 1.82) is 0 Å². The molecule has 0 spiro atoms. The molecule has 0 radical (unpaired) electrons. The van der Waals surface area contributed by atoms with Gasteiger partial charge in [0.1, 0.15) is 0 Å². The van der Waals surface area contributed by atoms with Crippen LogP contribution in [-0.2, 0) is 6.42 Å². The van der Waals surface area contributed by atoms with Crippen molar-refractivity contribution < 1.29 is 0 Å². The van der Waals surface area contributed by atoms with Gasteiger partial charge in [0.25, 0.3) is 0 Å². The number of hydrogen-bond donors (Lipinski definition) is 0. The Morgan fingerprint density at radius 1 is 1.30 bits per heavy atom. The second-order valence-electron chi connectivity index (χ2n) is 4.96. The second kappa shape index (κ2) is 4.97. The first-order valence-corrected chi connectivity index (χ1v) is 8.71. The first-order chi connectivity index (χ1) is 9.85. The average molecular weight is 301 g/mol. The van der Waals surface area contributed by atoms with Gasteiger partial charge in [-0.2, -0.15) is 5.10 Å². The number of fused-ring (bicyclic) bond motifs is 3. The van der Waals surface area contributed by atoms with Crippen molar-refractivity contribution in [3.63, 3.8) is 0 Å². The largest absolute Gasteiger partial charge is 0.236 e. The number of hydrazone groups is 1. The molecule has 0 N–H and O–H groups in total. The van der Waals surface area contributed by atoms with Gasteiger partial charge in [-0.25, -0.2) is 10.0 Å². The van der Waals surface area contributed by atoms with Gasteiger partial charge < -0.3 is 0 Å². The van der Waals surface area contributed by atoms with Gasteiger partial charge in [0.15, 0.2) is 9.54 Å². The summed E-state index contributed by atoms with van der Waals surface area (Å²) in [5.41, 5.74) is 5.37. The van der Waals surface area contributed by atoms with E-state index in [1.807, 2.05) is 0 Å². The molecule has 0 atom stereocenters. The Kier molecular flexibility index (Phi) is 3.11. The maximum absolute atomic E-state index is 4.90. The van der Waals surface area contributed by atoms with E-state index >= 15 is 0 Å². The molecule has 2 aliphatic heterocycles. The number of amidine groups is 1. The highest BCUT2D eigenvalue weighted by molar-refractivity contribution is 8.45. The normalized spacial score (nSPS) is 20.1.